The van der Waals surface area contributed by atoms with E-state index in [4.69, 9.17) is 4.42 Å². The number of rotatable bonds is 7. The van der Waals surface area contributed by atoms with Gasteiger partial charge < -0.3 is 9.73 Å². The molecule has 1 amide bonds. The molecule has 158 valence electrons. The molecule has 0 spiro atoms. The predicted octanol–water partition coefficient (Wildman–Crippen LogP) is 5.45. The number of thioether (sulfide) groups is 1. The fraction of sp³-hybridized carbons (Fsp3) is 0.348. The SMILES string of the molecule is C=CCn1c(SC(C)C(=O)Nc2ccc(C(C)(C)C)cc2)nnc1-c1ccoc1C. The summed E-state index contributed by atoms with van der Waals surface area (Å²) in [6.07, 6.45) is 3.42. The zero-order valence-corrected chi connectivity index (χ0v) is 18.9. The number of amides is 1. The Balaban J connectivity index is 1.73. The minimum atomic E-state index is -0.349. The second-order valence-electron chi connectivity index (χ2n) is 8.17. The van der Waals surface area contributed by atoms with Crippen molar-refractivity contribution >= 4 is 23.4 Å². The molecule has 7 heteroatoms. The number of benzene rings is 1. The van der Waals surface area contributed by atoms with Crippen molar-refractivity contribution in [3.63, 3.8) is 0 Å². The summed E-state index contributed by atoms with van der Waals surface area (Å²) in [5, 5.41) is 11.9. The molecule has 1 aromatic carbocycles. The molecule has 0 aliphatic carbocycles. The summed E-state index contributed by atoms with van der Waals surface area (Å²) in [5.74, 6) is 1.39. The van der Waals surface area contributed by atoms with Crippen LogP contribution in [0.5, 0.6) is 0 Å². The van der Waals surface area contributed by atoms with Gasteiger partial charge in [-0.15, -0.1) is 16.8 Å². The van der Waals surface area contributed by atoms with Crippen molar-refractivity contribution in [2.75, 3.05) is 5.32 Å². The summed E-state index contributed by atoms with van der Waals surface area (Å²) < 4.78 is 7.34. The van der Waals surface area contributed by atoms with E-state index in [1.165, 1.54) is 17.3 Å². The van der Waals surface area contributed by atoms with Gasteiger partial charge in [0, 0.05) is 12.2 Å². The van der Waals surface area contributed by atoms with Crippen LogP contribution in [-0.4, -0.2) is 25.9 Å². The van der Waals surface area contributed by atoms with Crippen molar-refractivity contribution < 1.29 is 9.21 Å². The van der Waals surface area contributed by atoms with E-state index < -0.39 is 0 Å². The molecule has 3 aromatic rings. The number of hydrogen-bond acceptors (Lipinski definition) is 5. The summed E-state index contributed by atoms with van der Waals surface area (Å²) in [7, 11) is 0. The van der Waals surface area contributed by atoms with Crippen LogP contribution in [0.1, 0.15) is 39.0 Å². The quantitative estimate of drug-likeness (QED) is 0.403. The molecule has 0 saturated carbocycles. The summed E-state index contributed by atoms with van der Waals surface area (Å²) in [6, 6.07) is 9.85. The molecule has 6 nitrogen and oxygen atoms in total. The molecule has 0 fully saturated rings. The van der Waals surface area contributed by atoms with E-state index in [9.17, 15) is 4.79 Å². The highest BCUT2D eigenvalue weighted by atomic mass is 32.2. The van der Waals surface area contributed by atoms with Crippen LogP contribution in [-0.2, 0) is 16.8 Å². The number of aryl methyl sites for hydroxylation is 1. The third-order valence-corrected chi connectivity index (χ3v) is 5.88. The van der Waals surface area contributed by atoms with Gasteiger partial charge >= 0.3 is 0 Å². The van der Waals surface area contributed by atoms with Gasteiger partial charge in [-0.25, -0.2) is 0 Å². The van der Waals surface area contributed by atoms with Crippen molar-refractivity contribution in [3.05, 3.63) is 60.6 Å². The first-order valence-electron chi connectivity index (χ1n) is 9.87. The molecule has 1 unspecified atom stereocenters. The van der Waals surface area contributed by atoms with E-state index in [-0.39, 0.29) is 16.6 Å². The van der Waals surface area contributed by atoms with Gasteiger partial charge in [-0.3, -0.25) is 9.36 Å². The van der Waals surface area contributed by atoms with Crippen LogP contribution in [0.3, 0.4) is 0 Å². The first-order valence-corrected chi connectivity index (χ1v) is 10.7. The van der Waals surface area contributed by atoms with Gasteiger partial charge in [0.15, 0.2) is 11.0 Å². The Morgan fingerprint density at radius 2 is 1.97 bits per heavy atom. The average molecular weight is 425 g/mol. The first-order chi connectivity index (χ1) is 14.2. The second-order valence-corrected chi connectivity index (χ2v) is 9.48. The van der Waals surface area contributed by atoms with Gasteiger partial charge in [-0.2, -0.15) is 0 Å². The lowest BCUT2D eigenvalue weighted by Gasteiger charge is -2.19. The maximum Gasteiger partial charge on any atom is 0.237 e. The molecule has 1 atom stereocenters. The van der Waals surface area contributed by atoms with Crippen LogP contribution in [0.4, 0.5) is 5.69 Å². The van der Waals surface area contributed by atoms with Crippen LogP contribution in [0.2, 0.25) is 0 Å². The summed E-state index contributed by atoms with van der Waals surface area (Å²) in [5.41, 5.74) is 2.96. The van der Waals surface area contributed by atoms with Crippen LogP contribution in [0.25, 0.3) is 11.4 Å². The zero-order valence-electron chi connectivity index (χ0n) is 18.1. The molecular weight excluding hydrogens is 396 g/mol. The molecule has 1 N–H and O–H groups in total. The van der Waals surface area contributed by atoms with E-state index >= 15 is 0 Å². The van der Waals surface area contributed by atoms with E-state index in [2.05, 4.69) is 42.9 Å². The number of hydrogen-bond donors (Lipinski definition) is 1. The maximum absolute atomic E-state index is 12.7. The number of aromatic nitrogens is 3. The van der Waals surface area contributed by atoms with Gasteiger partial charge in [-0.05, 0) is 43.0 Å². The van der Waals surface area contributed by atoms with E-state index in [1.54, 1.807) is 12.3 Å². The fourth-order valence-electron chi connectivity index (χ4n) is 2.99. The second kappa shape index (κ2) is 8.92. The number of anilines is 1. The Labute approximate surface area is 181 Å². The molecular formula is C23H28N4O2S. The van der Waals surface area contributed by atoms with Crippen molar-refractivity contribution in [2.24, 2.45) is 0 Å². The van der Waals surface area contributed by atoms with Crippen molar-refractivity contribution in [1.82, 2.24) is 14.8 Å². The zero-order chi connectivity index (χ0) is 21.9. The van der Waals surface area contributed by atoms with Gasteiger partial charge in [0.05, 0.1) is 17.1 Å². The molecule has 0 bridgehead atoms. The normalized spacial score (nSPS) is 12.6. The fourth-order valence-corrected chi connectivity index (χ4v) is 3.85. The lowest BCUT2D eigenvalue weighted by atomic mass is 9.87. The lowest BCUT2D eigenvalue weighted by molar-refractivity contribution is -0.115. The van der Waals surface area contributed by atoms with E-state index in [0.29, 0.717) is 17.5 Å². The number of carbonyl (C=O) groups excluding carboxylic acids is 1. The van der Waals surface area contributed by atoms with Crippen LogP contribution in [0, 0.1) is 6.92 Å². The number of furan rings is 1. The van der Waals surface area contributed by atoms with E-state index in [0.717, 1.165) is 17.0 Å². The van der Waals surface area contributed by atoms with Gasteiger partial charge in [0.25, 0.3) is 0 Å². The Morgan fingerprint density at radius 1 is 1.27 bits per heavy atom. The molecule has 0 aliphatic rings. The Kier molecular flexibility index (Phi) is 6.51. The van der Waals surface area contributed by atoms with Gasteiger partial charge in [-0.1, -0.05) is 50.7 Å². The highest BCUT2D eigenvalue weighted by Crippen LogP contribution is 2.30. The number of allylic oxidation sites excluding steroid dienone is 1. The standard InChI is InChI=1S/C23H28N4O2S/c1-7-13-27-20(19-12-14-29-15(19)2)25-26-22(27)30-16(3)21(28)24-18-10-8-17(9-11-18)23(4,5)6/h7-12,14,16H,1,13H2,2-6H3,(H,24,28). The van der Waals surface area contributed by atoms with Crippen molar-refractivity contribution in [2.45, 2.75) is 57.0 Å². The number of nitrogens with one attached hydrogen (secondary N) is 1. The third-order valence-electron chi connectivity index (χ3n) is 4.80. The topological polar surface area (TPSA) is 73.0 Å². The average Bonchev–Trinajstić information content (AvgIpc) is 3.28. The highest BCUT2D eigenvalue weighted by Gasteiger charge is 2.22. The van der Waals surface area contributed by atoms with Gasteiger partial charge in [0.1, 0.15) is 5.76 Å². The van der Waals surface area contributed by atoms with E-state index in [1.807, 2.05) is 48.7 Å². The third kappa shape index (κ3) is 4.84. The maximum atomic E-state index is 12.7. The summed E-state index contributed by atoms with van der Waals surface area (Å²) in [6.45, 7) is 14.6. The summed E-state index contributed by atoms with van der Waals surface area (Å²) in [4.78, 5) is 12.7. The first kappa shape index (κ1) is 21.9. The molecule has 0 aliphatic heterocycles. The molecule has 2 heterocycles. The smallest absolute Gasteiger partial charge is 0.237 e. The van der Waals surface area contributed by atoms with Crippen molar-refractivity contribution in [3.8, 4) is 11.4 Å². The Bertz CT molecular complexity index is 1030. The lowest BCUT2D eigenvalue weighted by Crippen LogP contribution is -2.23. The molecule has 30 heavy (non-hydrogen) atoms. The minimum absolute atomic E-state index is 0.0754. The monoisotopic (exact) mass is 424 g/mol. The molecule has 0 radical (unpaired) electrons. The predicted molar refractivity (Wildman–Crippen MR) is 122 cm³/mol. The highest BCUT2D eigenvalue weighted by molar-refractivity contribution is 8.00. The Morgan fingerprint density at radius 3 is 2.53 bits per heavy atom. The minimum Gasteiger partial charge on any atom is -0.469 e. The van der Waals surface area contributed by atoms with Crippen molar-refractivity contribution in [1.29, 1.82) is 0 Å². The molecule has 0 saturated heterocycles. The summed E-state index contributed by atoms with van der Waals surface area (Å²) >= 11 is 1.37. The number of carbonyl (C=O) groups is 1. The van der Waals surface area contributed by atoms with Crippen LogP contribution in [0.15, 0.2) is 58.8 Å². The largest absolute Gasteiger partial charge is 0.469 e. The Hall–Kier alpha value is -2.80. The van der Waals surface area contributed by atoms with Crippen LogP contribution < -0.4 is 5.32 Å². The van der Waals surface area contributed by atoms with Gasteiger partial charge in [0.2, 0.25) is 5.91 Å². The molecule has 2 aromatic heterocycles. The van der Waals surface area contributed by atoms with Crippen LogP contribution >= 0.6 is 11.8 Å². The number of nitrogens with zero attached hydrogens (tertiary/aromatic N) is 3. The molecule has 3 rings (SSSR count).